The molecule has 1 fully saturated rings. The molecule has 0 aromatic rings. The Bertz CT molecular complexity index is 203. The van der Waals surface area contributed by atoms with Crippen LogP contribution in [-0.2, 0) is 4.74 Å². The average Bonchev–Trinajstić information content (AvgIpc) is 2.34. The first-order valence-corrected chi connectivity index (χ1v) is 6.02. The van der Waals surface area contributed by atoms with E-state index in [2.05, 4.69) is 17.1 Å². The Morgan fingerprint density at radius 1 is 1.31 bits per heavy atom. The minimum Gasteiger partial charge on any atom is -0.383 e. The Hall–Kier alpha value is -0.810. The fraction of sp³-hybridized carbons (Fsp3) is 0.909. The zero-order valence-electron chi connectivity index (χ0n) is 10.4. The number of nitrogens with zero attached hydrogens (tertiary/aromatic N) is 2. The van der Waals surface area contributed by atoms with Gasteiger partial charge in [-0.1, -0.05) is 6.92 Å². The molecule has 0 saturated carbocycles. The number of nitrogens with one attached hydrogen (secondary N) is 1. The summed E-state index contributed by atoms with van der Waals surface area (Å²) in [6.07, 6.45) is 0.986. The molecule has 1 N–H and O–H groups in total. The van der Waals surface area contributed by atoms with E-state index in [0.29, 0.717) is 0 Å². The summed E-state index contributed by atoms with van der Waals surface area (Å²) in [4.78, 5) is 15.9. The minimum atomic E-state index is 0.0771. The van der Waals surface area contributed by atoms with Gasteiger partial charge >= 0.3 is 6.03 Å². The van der Waals surface area contributed by atoms with Gasteiger partial charge in [-0.3, -0.25) is 4.90 Å². The fourth-order valence-electron chi connectivity index (χ4n) is 1.74. The fourth-order valence-corrected chi connectivity index (χ4v) is 1.74. The van der Waals surface area contributed by atoms with Crippen molar-refractivity contribution in [3.05, 3.63) is 0 Å². The predicted molar refractivity (Wildman–Crippen MR) is 63.6 cm³/mol. The number of urea groups is 1. The zero-order chi connectivity index (χ0) is 11.8. The van der Waals surface area contributed by atoms with Gasteiger partial charge in [-0.05, 0) is 6.42 Å². The molecular formula is C11H23N3O2. The van der Waals surface area contributed by atoms with Crippen molar-refractivity contribution in [2.75, 3.05) is 53.0 Å². The van der Waals surface area contributed by atoms with Gasteiger partial charge in [0.1, 0.15) is 0 Å². The second kappa shape index (κ2) is 7.46. The van der Waals surface area contributed by atoms with Crippen LogP contribution in [0.1, 0.15) is 13.3 Å². The molecule has 1 rings (SSSR count). The summed E-state index contributed by atoms with van der Waals surface area (Å²) in [5, 5.41) is 2.90. The van der Waals surface area contributed by atoms with Gasteiger partial charge in [0.25, 0.3) is 0 Å². The van der Waals surface area contributed by atoms with Crippen LogP contribution in [0, 0.1) is 0 Å². The maximum Gasteiger partial charge on any atom is 0.317 e. The van der Waals surface area contributed by atoms with Crippen LogP contribution >= 0.6 is 0 Å². The Labute approximate surface area is 97.7 Å². The minimum absolute atomic E-state index is 0.0771. The van der Waals surface area contributed by atoms with Crippen LogP contribution in [0.2, 0.25) is 0 Å². The number of hydrogen-bond acceptors (Lipinski definition) is 3. The third-order valence-electron chi connectivity index (χ3n) is 2.80. The number of ether oxygens (including phenoxy) is 1. The summed E-state index contributed by atoms with van der Waals surface area (Å²) < 4.78 is 5.04. The van der Waals surface area contributed by atoms with Gasteiger partial charge in [0, 0.05) is 46.4 Å². The van der Waals surface area contributed by atoms with E-state index < -0.39 is 0 Å². The predicted octanol–water partition coefficient (Wildman–Crippen LogP) is 0.370. The molecule has 1 saturated heterocycles. The summed E-state index contributed by atoms with van der Waals surface area (Å²) in [5.74, 6) is 0. The van der Waals surface area contributed by atoms with E-state index in [4.69, 9.17) is 4.74 Å². The van der Waals surface area contributed by atoms with Gasteiger partial charge in [-0.25, -0.2) is 4.79 Å². The first-order chi connectivity index (χ1) is 7.77. The van der Waals surface area contributed by atoms with Gasteiger partial charge in [0.2, 0.25) is 0 Å². The summed E-state index contributed by atoms with van der Waals surface area (Å²) >= 11 is 0. The molecule has 5 nitrogen and oxygen atoms in total. The summed E-state index contributed by atoms with van der Waals surface area (Å²) in [6.45, 7) is 8.08. The SMILES string of the molecule is CCCNC(=O)N1CCN(CCOC)CC1. The summed E-state index contributed by atoms with van der Waals surface area (Å²) in [5.41, 5.74) is 0. The Morgan fingerprint density at radius 2 is 2.00 bits per heavy atom. The second-order valence-electron chi connectivity index (χ2n) is 4.05. The van der Waals surface area contributed by atoms with E-state index in [0.717, 1.165) is 52.3 Å². The van der Waals surface area contributed by atoms with E-state index in [-0.39, 0.29) is 6.03 Å². The quantitative estimate of drug-likeness (QED) is 0.741. The second-order valence-corrected chi connectivity index (χ2v) is 4.05. The van der Waals surface area contributed by atoms with Crippen molar-refractivity contribution in [3.63, 3.8) is 0 Å². The number of rotatable bonds is 5. The van der Waals surface area contributed by atoms with Crippen molar-refractivity contribution in [2.24, 2.45) is 0 Å². The van der Waals surface area contributed by atoms with Crippen molar-refractivity contribution < 1.29 is 9.53 Å². The Kier molecular flexibility index (Phi) is 6.18. The number of methoxy groups -OCH3 is 1. The largest absolute Gasteiger partial charge is 0.383 e. The van der Waals surface area contributed by atoms with Crippen LogP contribution in [0.4, 0.5) is 4.79 Å². The van der Waals surface area contributed by atoms with Crippen LogP contribution in [0.25, 0.3) is 0 Å². The molecular weight excluding hydrogens is 206 g/mol. The molecule has 94 valence electrons. The lowest BCUT2D eigenvalue weighted by atomic mass is 10.3. The third-order valence-corrected chi connectivity index (χ3v) is 2.80. The molecule has 1 aliphatic rings. The molecule has 0 radical (unpaired) electrons. The highest BCUT2D eigenvalue weighted by atomic mass is 16.5. The van der Waals surface area contributed by atoms with Crippen LogP contribution in [0.3, 0.4) is 0 Å². The highest BCUT2D eigenvalue weighted by molar-refractivity contribution is 5.74. The lowest BCUT2D eigenvalue weighted by Crippen LogP contribution is -2.52. The van der Waals surface area contributed by atoms with Crippen LogP contribution in [0.15, 0.2) is 0 Å². The first-order valence-electron chi connectivity index (χ1n) is 6.02. The van der Waals surface area contributed by atoms with E-state index in [1.165, 1.54) is 0 Å². The first kappa shape index (κ1) is 13.3. The molecule has 0 aliphatic carbocycles. The maximum atomic E-state index is 11.6. The molecule has 0 aromatic heterocycles. The highest BCUT2D eigenvalue weighted by Gasteiger charge is 2.19. The van der Waals surface area contributed by atoms with Gasteiger partial charge in [0.05, 0.1) is 6.61 Å². The third kappa shape index (κ3) is 4.37. The number of amides is 2. The normalized spacial score (nSPS) is 17.5. The monoisotopic (exact) mass is 229 g/mol. The maximum absolute atomic E-state index is 11.6. The molecule has 1 heterocycles. The smallest absolute Gasteiger partial charge is 0.317 e. The Morgan fingerprint density at radius 3 is 2.56 bits per heavy atom. The van der Waals surface area contributed by atoms with E-state index in [9.17, 15) is 4.79 Å². The van der Waals surface area contributed by atoms with Gasteiger partial charge in [0.15, 0.2) is 0 Å². The molecule has 0 spiro atoms. The van der Waals surface area contributed by atoms with Crippen molar-refractivity contribution >= 4 is 6.03 Å². The topological polar surface area (TPSA) is 44.8 Å². The molecule has 0 atom stereocenters. The number of piperazine rings is 1. The average molecular weight is 229 g/mol. The molecule has 16 heavy (non-hydrogen) atoms. The Balaban J connectivity index is 2.18. The van der Waals surface area contributed by atoms with Gasteiger partial charge < -0.3 is 15.0 Å². The molecule has 5 heteroatoms. The number of carbonyl (C=O) groups is 1. The lowest BCUT2D eigenvalue weighted by molar-refractivity contribution is 0.106. The molecule has 2 amide bonds. The van der Waals surface area contributed by atoms with E-state index in [1.54, 1.807) is 7.11 Å². The van der Waals surface area contributed by atoms with Crippen molar-refractivity contribution in [1.82, 2.24) is 15.1 Å². The van der Waals surface area contributed by atoms with Gasteiger partial charge in [-0.15, -0.1) is 0 Å². The lowest BCUT2D eigenvalue weighted by Gasteiger charge is -2.34. The van der Waals surface area contributed by atoms with E-state index >= 15 is 0 Å². The number of hydrogen-bond donors (Lipinski definition) is 1. The molecule has 0 unspecified atom stereocenters. The molecule has 1 aliphatic heterocycles. The van der Waals surface area contributed by atoms with Crippen molar-refractivity contribution in [1.29, 1.82) is 0 Å². The van der Waals surface area contributed by atoms with Gasteiger partial charge in [-0.2, -0.15) is 0 Å². The molecule has 0 aromatic carbocycles. The summed E-state index contributed by atoms with van der Waals surface area (Å²) in [7, 11) is 1.72. The molecule has 0 bridgehead atoms. The van der Waals surface area contributed by atoms with Crippen LogP contribution in [-0.4, -0.2) is 68.8 Å². The van der Waals surface area contributed by atoms with Crippen LogP contribution < -0.4 is 5.32 Å². The van der Waals surface area contributed by atoms with E-state index in [1.807, 2.05) is 4.90 Å². The zero-order valence-corrected chi connectivity index (χ0v) is 10.4. The standard InChI is InChI=1S/C11H23N3O2/c1-3-4-12-11(15)14-7-5-13(6-8-14)9-10-16-2/h3-10H2,1-2H3,(H,12,15). The van der Waals surface area contributed by atoms with Crippen LogP contribution in [0.5, 0.6) is 0 Å². The number of carbonyl (C=O) groups excluding carboxylic acids is 1. The van der Waals surface area contributed by atoms with Crippen molar-refractivity contribution in [3.8, 4) is 0 Å². The van der Waals surface area contributed by atoms with Crippen molar-refractivity contribution in [2.45, 2.75) is 13.3 Å². The highest BCUT2D eigenvalue weighted by Crippen LogP contribution is 2.01. The summed E-state index contributed by atoms with van der Waals surface area (Å²) in [6, 6.07) is 0.0771.